The van der Waals surface area contributed by atoms with Crippen LogP contribution < -0.4 is 10.1 Å². The largest absolute Gasteiger partial charge is 0.482 e. The number of nitrogens with one attached hydrogen (secondary N) is 1. The second-order valence-corrected chi connectivity index (χ2v) is 5.20. The Kier molecular flexibility index (Phi) is 5.66. The highest BCUT2D eigenvalue weighted by atomic mass is 35.5. The van der Waals surface area contributed by atoms with Gasteiger partial charge >= 0.3 is 6.18 Å². The van der Waals surface area contributed by atoms with Crippen molar-refractivity contribution in [2.45, 2.75) is 12.7 Å². The van der Waals surface area contributed by atoms with Crippen molar-refractivity contribution in [2.75, 3.05) is 6.61 Å². The second-order valence-electron chi connectivity index (χ2n) is 4.80. The number of hydrogen-bond donors (Lipinski definition) is 1. The second kappa shape index (κ2) is 7.53. The first kappa shape index (κ1) is 18.1. The van der Waals surface area contributed by atoms with Crippen molar-refractivity contribution in [3.63, 3.8) is 0 Å². The van der Waals surface area contributed by atoms with Crippen LogP contribution in [0.3, 0.4) is 0 Å². The minimum absolute atomic E-state index is 0.00906. The molecule has 0 saturated heterocycles. The lowest BCUT2D eigenvalue weighted by Gasteiger charge is -2.13. The lowest BCUT2D eigenvalue weighted by atomic mass is 10.1. The third kappa shape index (κ3) is 4.86. The van der Waals surface area contributed by atoms with E-state index in [-0.39, 0.29) is 22.9 Å². The van der Waals surface area contributed by atoms with Gasteiger partial charge < -0.3 is 10.1 Å². The summed E-state index contributed by atoms with van der Waals surface area (Å²) in [5.41, 5.74) is -0.869. The zero-order valence-corrected chi connectivity index (χ0v) is 12.9. The van der Waals surface area contributed by atoms with Crippen molar-refractivity contribution in [3.05, 3.63) is 64.4 Å². The molecule has 2 rings (SSSR count). The summed E-state index contributed by atoms with van der Waals surface area (Å²) in [6.07, 6.45) is -4.50. The molecule has 0 heterocycles. The lowest BCUT2D eigenvalue weighted by molar-refractivity contribution is -0.138. The van der Waals surface area contributed by atoms with E-state index in [2.05, 4.69) is 5.32 Å². The van der Waals surface area contributed by atoms with E-state index in [0.29, 0.717) is 0 Å². The van der Waals surface area contributed by atoms with E-state index in [1.54, 1.807) is 0 Å². The SMILES string of the molecule is O=C(COc1ccc(F)cc1Cl)NCc1ccccc1C(F)(F)F. The standard InChI is InChI=1S/C16H12ClF4NO2/c17-13-7-11(18)5-6-14(13)24-9-15(23)22-8-10-3-1-2-4-12(10)16(19,20)21/h1-7H,8-9H2,(H,22,23). The number of hydrogen-bond acceptors (Lipinski definition) is 2. The van der Waals surface area contributed by atoms with Crippen LogP contribution in [0.1, 0.15) is 11.1 Å². The molecule has 128 valence electrons. The molecule has 1 N–H and O–H groups in total. The van der Waals surface area contributed by atoms with Crippen molar-refractivity contribution in [2.24, 2.45) is 0 Å². The molecule has 2 aromatic carbocycles. The van der Waals surface area contributed by atoms with Gasteiger partial charge in [0.1, 0.15) is 11.6 Å². The number of rotatable bonds is 5. The van der Waals surface area contributed by atoms with Crippen molar-refractivity contribution >= 4 is 17.5 Å². The van der Waals surface area contributed by atoms with Crippen LogP contribution in [-0.2, 0) is 17.5 Å². The number of carbonyl (C=O) groups excluding carboxylic acids is 1. The van der Waals surface area contributed by atoms with E-state index in [1.807, 2.05) is 0 Å². The third-order valence-corrected chi connectivity index (χ3v) is 3.35. The van der Waals surface area contributed by atoms with Crippen molar-refractivity contribution in [1.29, 1.82) is 0 Å². The smallest absolute Gasteiger partial charge is 0.416 e. The molecule has 0 bridgehead atoms. The Bertz CT molecular complexity index is 734. The van der Waals surface area contributed by atoms with E-state index >= 15 is 0 Å². The fraction of sp³-hybridized carbons (Fsp3) is 0.188. The van der Waals surface area contributed by atoms with Crippen molar-refractivity contribution in [3.8, 4) is 5.75 Å². The minimum atomic E-state index is -4.50. The summed E-state index contributed by atoms with van der Waals surface area (Å²) >= 11 is 5.74. The van der Waals surface area contributed by atoms with E-state index < -0.39 is 30.1 Å². The molecule has 0 fully saturated rings. The molecule has 0 radical (unpaired) electrons. The zero-order valence-electron chi connectivity index (χ0n) is 12.2. The molecule has 2 aromatic rings. The summed E-state index contributed by atoms with van der Waals surface area (Å²) < 4.78 is 56.5. The molecular formula is C16H12ClF4NO2. The quantitative estimate of drug-likeness (QED) is 0.811. The van der Waals surface area contributed by atoms with Crippen LogP contribution in [0.25, 0.3) is 0 Å². The Labute approximate surface area is 140 Å². The van der Waals surface area contributed by atoms with Crippen molar-refractivity contribution < 1.29 is 27.1 Å². The Morgan fingerprint density at radius 3 is 2.54 bits per heavy atom. The van der Waals surface area contributed by atoms with E-state index in [1.165, 1.54) is 24.3 Å². The van der Waals surface area contributed by atoms with E-state index in [4.69, 9.17) is 16.3 Å². The number of benzene rings is 2. The van der Waals surface area contributed by atoms with Gasteiger partial charge in [-0.05, 0) is 29.8 Å². The van der Waals surface area contributed by atoms with E-state index in [9.17, 15) is 22.4 Å². The summed E-state index contributed by atoms with van der Waals surface area (Å²) in [6.45, 7) is -0.755. The first-order chi connectivity index (χ1) is 11.3. The number of halogens is 5. The molecule has 0 saturated carbocycles. The molecule has 1 amide bonds. The highest BCUT2D eigenvalue weighted by Crippen LogP contribution is 2.31. The predicted molar refractivity (Wildman–Crippen MR) is 80.2 cm³/mol. The third-order valence-electron chi connectivity index (χ3n) is 3.05. The summed E-state index contributed by atoms with van der Waals surface area (Å²) in [4.78, 5) is 11.7. The highest BCUT2D eigenvalue weighted by molar-refractivity contribution is 6.32. The maximum atomic E-state index is 12.9. The lowest BCUT2D eigenvalue weighted by Crippen LogP contribution is -2.29. The van der Waals surface area contributed by atoms with Gasteiger partial charge in [0.05, 0.1) is 10.6 Å². The molecule has 0 unspecified atom stereocenters. The Morgan fingerprint density at radius 1 is 1.17 bits per heavy atom. The molecule has 0 aliphatic rings. The molecule has 0 atom stereocenters. The predicted octanol–water partition coefficient (Wildman–Crippen LogP) is 4.19. The van der Waals surface area contributed by atoms with E-state index in [0.717, 1.165) is 18.2 Å². The van der Waals surface area contributed by atoms with Crippen LogP contribution in [-0.4, -0.2) is 12.5 Å². The molecule has 0 aliphatic carbocycles. The fourth-order valence-corrected chi connectivity index (χ4v) is 2.15. The van der Waals surface area contributed by atoms with Crippen LogP contribution in [0, 0.1) is 5.82 Å². The van der Waals surface area contributed by atoms with Crippen LogP contribution in [0.2, 0.25) is 5.02 Å². The number of alkyl halides is 3. The van der Waals surface area contributed by atoms with Crippen LogP contribution in [0.5, 0.6) is 5.75 Å². The fourth-order valence-electron chi connectivity index (χ4n) is 1.93. The van der Waals surface area contributed by atoms with Crippen LogP contribution in [0.15, 0.2) is 42.5 Å². The summed E-state index contributed by atoms with van der Waals surface area (Å²) in [6, 6.07) is 8.33. The summed E-state index contributed by atoms with van der Waals surface area (Å²) in [5.74, 6) is -1.09. The zero-order chi connectivity index (χ0) is 17.7. The average Bonchev–Trinajstić information content (AvgIpc) is 2.51. The van der Waals surface area contributed by atoms with Gasteiger partial charge in [-0.3, -0.25) is 4.79 Å². The van der Waals surface area contributed by atoms with Crippen molar-refractivity contribution in [1.82, 2.24) is 5.32 Å². The normalized spacial score (nSPS) is 11.2. The van der Waals surface area contributed by atoms with Gasteiger partial charge in [0.15, 0.2) is 6.61 Å². The topological polar surface area (TPSA) is 38.3 Å². The number of carbonyl (C=O) groups is 1. The van der Waals surface area contributed by atoms with Gasteiger partial charge in [0.25, 0.3) is 5.91 Å². The maximum Gasteiger partial charge on any atom is 0.416 e. The Balaban J connectivity index is 1.92. The van der Waals surface area contributed by atoms with Gasteiger partial charge in [0, 0.05) is 6.54 Å². The van der Waals surface area contributed by atoms with Crippen LogP contribution >= 0.6 is 11.6 Å². The van der Waals surface area contributed by atoms with Gasteiger partial charge in [-0.25, -0.2) is 4.39 Å². The first-order valence-corrected chi connectivity index (χ1v) is 7.15. The van der Waals surface area contributed by atoms with Gasteiger partial charge in [-0.15, -0.1) is 0 Å². The molecular weight excluding hydrogens is 350 g/mol. The Morgan fingerprint density at radius 2 is 1.88 bits per heavy atom. The minimum Gasteiger partial charge on any atom is -0.482 e. The highest BCUT2D eigenvalue weighted by Gasteiger charge is 2.32. The first-order valence-electron chi connectivity index (χ1n) is 6.77. The van der Waals surface area contributed by atoms with Gasteiger partial charge in [-0.1, -0.05) is 29.8 Å². The van der Waals surface area contributed by atoms with Gasteiger partial charge in [0.2, 0.25) is 0 Å². The number of amides is 1. The molecule has 0 aromatic heterocycles. The molecule has 24 heavy (non-hydrogen) atoms. The summed E-state index contributed by atoms with van der Waals surface area (Å²) in [5, 5.41) is 2.32. The maximum absolute atomic E-state index is 12.9. The van der Waals surface area contributed by atoms with Gasteiger partial charge in [-0.2, -0.15) is 13.2 Å². The molecule has 0 aliphatic heterocycles. The van der Waals surface area contributed by atoms with Crippen LogP contribution in [0.4, 0.5) is 17.6 Å². The number of ether oxygens (including phenoxy) is 1. The Hall–Kier alpha value is -2.28. The summed E-state index contributed by atoms with van der Waals surface area (Å²) in [7, 11) is 0. The monoisotopic (exact) mass is 361 g/mol. The molecule has 8 heteroatoms. The molecule has 0 spiro atoms. The molecule has 3 nitrogen and oxygen atoms in total. The average molecular weight is 362 g/mol.